The molecule has 4 aromatic heterocycles. The predicted octanol–water partition coefficient (Wildman–Crippen LogP) is 6.11. The van der Waals surface area contributed by atoms with E-state index in [0.717, 1.165) is 65.3 Å². The Bertz CT molecular complexity index is 1680. The van der Waals surface area contributed by atoms with Crippen LogP contribution in [-0.2, 0) is 12.6 Å². The molecule has 11 heteroatoms. The number of nitrogens with one attached hydrogen (secondary N) is 1. The lowest BCUT2D eigenvalue weighted by atomic mass is 10.0. The second kappa shape index (κ2) is 8.89. The first-order valence-corrected chi connectivity index (χ1v) is 12.9. The molecule has 1 N–H and O–H groups in total. The van der Waals surface area contributed by atoms with E-state index in [1.165, 1.54) is 6.33 Å². The molecule has 5 aromatic rings. The lowest BCUT2D eigenvalue weighted by Gasteiger charge is -2.10. The topological polar surface area (TPSA) is 94.4 Å². The number of ether oxygens (including phenoxy) is 1. The predicted molar refractivity (Wildman–Crippen MR) is 137 cm³/mol. The number of aromatic nitrogens is 7. The van der Waals surface area contributed by atoms with Gasteiger partial charge in [-0.3, -0.25) is 0 Å². The molecule has 0 saturated heterocycles. The molecule has 8 nitrogen and oxygen atoms in total. The fourth-order valence-electron chi connectivity index (χ4n) is 5.00. The van der Waals surface area contributed by atoms with Crippen LogP contribution >= 0.6 is 0 Å². The summed E-state index contributed by atoms with van der Waals surface area (Å²) in [5.41, 5.74) is 5.01. The molecule has 0 amide bonds. The smallest absolute Gasteiger partial charge is 0.434 e. The number of alkyl halides is 3. The van der Waals surface area contributed by atoms with Gasteiger partial charge in [0.2, 0.25) is 5.88 Å². The highest BCUT2D eigenvalue weighted by molar-refractivity contribution is 5.81. The van der Waals surface area contributed by atoms with E-state index < -0.39 is 11.9 Å². The number of fused-ring (bicyclic) bond motifs is 1. The van der Waals surface area contributed by atoms with Gasteiger partial charge in [0, 0.05) is 41.9 Å². The molecule has 0 radical (unpaired) electrons. The zero-order valence-corrected chi connectivity index (χ0v) is 21.0. The number of rotatable bonds is 7. The highest BCUT2D eigenvalue weighted by Crippen LogP contribution is 2.45. The van der Waals surface area contributed by atoms with E-state index in [0.29, 0.717) is 35.4 Å². The monoisotopic (exact) mass is 531 g/mol. The first-order chi connectivity index (χ1) is 18.9. The van der Waals surface area contributed by atoms with Crippen molar-refractivity contribution in [3.8, 4) is 28.7 Å². The second-order valence-electron chi connectivity index (χ2n) is 10.1. The maximum Gasteiger partial charge on any atom is 0.434 e. The average molecular weight is 532 g/mol. The Morgan fingerprint density at radius 2 is 1.82 bits per heavy atom. The van der Waals surface area contributed by atoms with E-state index in [2.05, 4.69) is 24.9 Å². The van der Waals surface area contributed by atoms with Crippen LogP contribution in [0.2, 0.25) is 0 Å². The van der Waals surface area contributed by atoms with Gasteiger partial charge in [-0.2, -0.15) is 13.2 Å². The third-order valence-electron chi connectivity index (χ3n) is 7.29. The average Bonchev–Trinajstić information content (AvgIpc) is 3.88. The molecular formula is C28H24F3N7O. The normalized spacial score (nSPS) is 15.7. The van der Waals surface area contributed by atoms with E-state index in [4.69, 9.17) is 9.72 Å². The lowest BCUT2D eigenvalue weighted by molar-refractivity contribution is -0.140. The number of hydrogen-bond acceptors (Lipinski definition) is 6. The van der Waals surface area contributed by atoms with Gasteiger partial charge >= 0.3 is 6.18 Å². The summed E-state index contributed by atoms with van der Waals surface area (Å²) in [5, 5.41) is 0. The van der Waals surface area contributed by atoms with Crippen LogP contribution in [0.25, 0.3) is 33.8 Å². The molecule has 2 saturated carbocycles. The standard InChI is InChI=1S/C28H24F3N7O/c1-39-27-22(24(16-6-7-16)34-14-35-27)25-33-12-20-23(37-25)18(11-32-20)10-15-2-4-17(5-3-15)26-36-21(28(29,30)31)13-38(26)19-8-9-19/h2-5,11-14,16,19,32H,6-10H2,1H3. The Morgan fingerprint density at radius 1 is 1.03 bits per heavy atom. The van der Waals surface area contributed by atoms with Crippen molar-refractivity contribution in [1.82, 2.24) is 34.5 Å². The summed E-state index contributed by atoms with van der Waals surface area (Å²) in [5.74, 6) is 1.69. The summed E-state index contributed by atoms with van der Waals surface area (Å²) in [4.78, 5) is 25.4. The zero-order valence-electron chi connectivity index (χ0n) is 21.0. The Morgan fingerprint density at radius 3 is 2.51 bits per heavy atom. The molecule has 0 atom stereocenters. The molecule has 198 valence electrons. The largest absolute Gasteiger partial charge is 0.480 e. The number of methoxy groups -OCH3 is 1. The van der Waals surface area contributed by atoms with Gasteiger partial charge in [0.25, 0.3) is 0 Å². The van der Waals surface area contributed by atoms with Crippen molar-refractivity contribution >= 4 is 11.0 Å². The van der Waals surface area contributed by atoms with E-state index >= 15 is 0 Å². The number of hydrogen-bond donors (Lipinski definition) is 1. The van der Waals surface area contributed by atoms with Crippen LogP contribution in [0.15, 0.2) is 49.2 Å². The maximum atomic E-state index is 13.3. The minimum Gasteiger partial charge on any atom is -0.480 e. The number of imidazole rings is 1. The Hall–Kier alpha value is -4.28. The van der Waals surface area contributed by atoms with Crippen molar-refractivity contribution < 1.29 is 17.9 Å². The summed E-state index contributed by atoms with van der Waals surface area (Å²) < 4.78 is 47.2. The van der Waals surface area contributed by atoms with Crippen LogP contribution in [0.4, 0.5) is 13.2 Å². The van der Waals surface area contributed by atoms with E-state index in [1.54, 1.807) is 17.9 Å². The molecule has 0 spiro atoms. The Labute approximate surface area is 221 Å². The van der Waals surface area contributed by atoms with Gasteiger partial charge in [-0.05, 0) is 31.2 Å². The molecule has 2 aliphatic carbocycles. The highest BCUT2D eigenvalue weighted by atomic mass is 19.4. The van der Waals surface area contributed by atoms with E-state index in [1.807, 2.05) is 30.5 Å². The quantitative estimate of drug-likeness (QED) is 0.272. The minimum atomic E-state index is -4.47. The van der Waals surface area contributed by atoms with Crippen molar-refractivity contribution in [1.29, 1.82) is 0 Å². The van der Waals surface area contributed by atoms with E-state index in [9.17, 15) is 13.2 Å². The Kier molecular flexibility index (Phi) is 5.43. The molecule has 0 bridgehead atoms. The van der Waals surface area contributed by atoms with Gasteiger partial charge in [-0.15, -0.1) is 0 Å². The van der Waals surface area contributed by atoms with Crippen LogP contribution in [0.5, 0.6) is 5.88 Å². The number of halogens is 3. The minimum absolute atomic E-state index is 0.0810. The van der Waals surface area contributed by atoms with Gasteiger partial charge in [-0.25, -0.2) is 24.9 Å². The fraction of sp³-hybridized carbons (Fsp3) is 0.321. The van der Waals surface area contributed by atoms with Gasteiger partial charge in [0.1, 0.15) is 17.7 Å². The highest BCUT2D eigenvalue weighted by Gasteiger charge is 2.37. The second-order valence-corrected chi connectivity index (χ2v) is 10.1. The molecule has 1 aromatic carbocycles. The van der Waals surface area contributed by atoms with Gasteiger partial charge < -0.3 is 14.3 Å². The van der Waals surface area contributed by atoms with Gasteiger partial charge in [-0.1, -0.05) is 24.3 Å². The van der Waals surface area contributed by atoms with Crippen molar-refractivity contribution in [3.63, 3.8) is 0 Å². The van der Waals surface area contributed by atoms with Crippen molar-refractivity contribution in [2.75, 3.05) is 7.11 Å². The number of benzene rings is 1. The fourth-order valence-corrected chi connectivity index (χ4v) is 5.00. The molecule has 2 aliphatic rings. The van der Waals surface area contributed by atoms with Crippen molar-refractivity contribution in [3.05, 3.63) is 71.7 Å². The third-order valence-corrected chi connectivity index (χ3v) is 7.29. The SMILES string of the molecule is COc1ncnc(C2CC2)c1-c1ncc2[nH]cc(Cc3ccc(-c4nc(C(F)(F)F)cn4C4CC4)cc3)c2n1. The number of H-pyrrole nitrogens is 1. The van der Waals surface area contributed by atoms with Crippen LogP contribution < -0.4 is 4.74 Å². The zero-order chi connectivity index (χ0) is 26.7. The Balaban J connectivity index is 1.20. The molecular weight excluding hydrogens is 507 g/mol. The summed E-state index contributed by atoms with van der Waals surface area (Å²) >= 11 is 0. The number of aromatic amines is 1. The van der Waals surface area contributed by atoms with E-state index in [-0.39, 0.29) is 6.04 Å². The molecule has 2 fully saturated rings. The van der Waals surface area contributed by atoms with Crippen LogP contribution in [0.1, 0.15) is 60.2 Å². The molecule has 4 heterocycles. The maximum absolute atomic E-state index is 13.3. The lowest BCUT2D eigenvalue weighted by Crippen LogP contribution is -2.05. The molecule has 0 aliphatic heterocycles. The number of nitrogens with zero attached hydrogens (tertiary/aromatic N) is 6. The molecule has 39 heavy (non-hydrogen) atoms. The first-order valence-electron chi connectivity index (χ1n) is 12.9. The van der Waals surface area contributed by atoms with Gasteiger partial charge in [0.05, 0.1) is 30.0 Å². The summed E-state index contributed by atoms with van der Waals surface area (Å²) in [7, 11) is 1.58. The summed E-state index contributed by atoms with van der Waals surface area (Å²) in [6.07, 6.45) is 6.29. The molecule has 0 unspecified atom stereocenters. The third kappa shape index (κ3) is 4.41. The van der Waals surface area contributed by atoms with Crippen LogP contribution in [0.3, 0.4) is 0 Å². The summed E-state index contributed by atoms with van der Waals surface area (Å²) in [6.45, 7) is 0. The molecule has 7 rings (SSSR count). The van der Waals surface area contributed by atoms with Crippen molar-refractivity contribution in [2.24, 2.45) is 0 Å². The van der Waals surface area contributed by atoms with Crippen molar-refractivity contribution in [2.45, 2.75) is 50.2 Å². The first kappa shape index (κ1) is 23.8. The summed E-state index contributed by atoms with van der Waals surface area (Å²) in [6, 6.07) is 7.60. The van der Waals surface area contributed by atoms with Crippen LogP contribution in [-0.4, -0.2) is 41.6 Å². The van der Waals surface area contributed by atoms with Gasteiger partial charge in [0.15, 0.2) is 11.5 Å². The van der Waals surface area contributed by atoms with Crippen LogP contribution in [0, 0.1) is 0 Å².